The van der Waals surface area contributed by atoms with Crippen LogP contribution in [-0.4, -0.2) is 21.8 Å². The highest BCUT2D eigenvalue weighted by Gasteiger charge is 2.04. The van der Waals surface area contributed by atoms with Gasteiger partial charge in [0.15, 0.2) is 5.82 Å². The maximum atomic E-state index is 4.11. The molecule has 0 aliphatic carbocycles. The molecule has 4 heteroatoms. The number of hydrogen-bond donors (Lipinski definition) is 1. The SMILES string of the molecule is CCn1cnnc1-c1ccc(NC)cc1. The van der Waals surface area contributed by atoms with Gasteiger partial charge in [0.25, 0.3) is 0 Å². The largest absolute Gasteiger partial charge is 0.388 e. The van der Waals surface area contributed by atoms with Crippen LogP contribution >= 0.6 is 0 Å². The Bertz CT molecular complexity index is 430. The Morgan fingerprint density at radius 2 is 2.00 bits per heavy atom. The molecule has 1 aromatic heterocycles. The van der Waals surface area contributed by atoms with Gasteiger partial charge in [-0.15, -0.1) is 10.2 Å². The average molecular weight is 202 g/mol. The van der Waals surface area contributed by atoms with Gasteiger partial charge in [-0.05, 0) is 31.2 Å². The van der Waals surface area contributed by atoms with E-state index in [4.69, 9.17) is 0 Å². The number of rotatable bonds is 3. The van der Waals surface area contributed by atoms with Gasteiger partial charge in [0.05, 0.1) is 0 Å². The van der Waals surface area contributed by atoms with Gasteiger partial charge >= 0.3 is 0 Å². The second kappa shape index (κ2) is 4.13. The van der Waals surface area contributed by atoms with E-state index in [2.05, 4.69) is 22.4 Å². The summed E-state index contributed by atoms with van der Waals surface area (Å²) in [6, 6.07) is 8.15. The fourth-order valence-corrected chi connectivity index (χ4v) is 1.50. The zero-order valence-electron chi connectivity index (χ0n) is 8.94. The number of benzene rings is 1. The number of nitrogens with one attached hydrogen (secondary N) is 1. The van der Waals surface area contributed by atoms with E-state index >= 15 is 0 Å². The first kappa shape index (κ1) is 9.71. The van der Waals surface area contributed by atoms with Crippen molar-refractivity contribution in [2.24, 2.45) is 0 Å². The molecule has 0 atom stereocenters. The highest BCUT2D eigenvalue weighted by Crippen LogP contribution is 2.18. The smallest absolute Gasteiger partial charge is 0.163 e. The molecule has 1 aromatic carbocycles. The second-order valence-electron chi connectivity index (χ2n) is 3.27. The lowest BCUT2D eigenvalue weighted by molar-refractivity contribution is 0.767. The van der Waals surface area contributed by atoms with Gasteiger partial charge in [0.1, 0.15) is 6.33 Å². The highest BCUT2D eigenvalue weighted by atomic mass is 15.3. The van der Waals surface area contributed by atoms with Gasteiger partial charge in [-0.25, -0.2) is 0 Å². The molecule has 78 valence electrons. The average Bonchev–Trinajstić information content (AvgIpc) is 2.77. The molecule has 2 aromatic rings. The lowest BCUT2D eigenvalue weighted by Crippen LogP contribution is -1.96. The lowest BCUT2D eigenvalue weighted by atomic mass is 10.2. The monoisotopic (exact) mass is 202 g/mol. The maximum absolute atomic E-state index is 4.11. The predicted molar refractivity (Wildman–Crippen MR) is 60.7 cm³/mol. The van der Waals surface area contributed by atoms with Crippen LogP contribution in [0.2, 0.25) is 0 Å². The van der Waals surface area contributed by atoms with Gasteiger partial charge in [-0.3, -0.25) is 0 Å². The Balaban J connectivity index is 2.37. The van der Waals surface area contributed by atoms with Crippen LogP contribution in [0, 0.1) is 0 Å². The van der Waals surface area contributed by atoms with E-state index in [1.54, 1.807) is 6.33 Å². The van der Waals surface area contributed by atoms with E-state index in [1.807, 2.05) is 35.9 Å². The topological polar surface area (TPSA) is 42.7 Å². The van der Waals surface area contributed by atoms with Crippen molar-refractivity contribution >= 4 is 5.69 Å². The van der Waals surface area contributed by atoms with Crippen molar-refractivity contribution in [2.45, 2.75) is 13.5 Å². The molecule has 0 saturated carbocycles. The number of aryl methyl sites for hydroxylation is 1. The first-order chi connectivity index (χ1) is 7.35. The predicted octanol–water partition coefficient (Wildman–Crippen LogP) is 2.01. The Labute approximate surface area is 89.0 Å². The Hall–Kier alpha value is -1.84. The zero-order chi connectivity index (χ0) is 10.7. The van der Waals surface area contributed by atoms with Gasteiger partial charge in [-0.1, -0.05) is 0 Å². The third-order valence-corrected chi connectivity index (χ3v) is 2.39. The molecule has 1 heterocycles. The highest BCUT2D eigenvalue weighted by molar-refractivity contribution is 5.59. The van der Waals surface area contributed by atoms with Crippen LogP contribution < -0.4 is 5.32 Å². The Morgan fingerprint density at radius 1 is 1.27 bits per heavy atom. The molecule has 0 amide bonds. The van der Waals surface area contributed by atoms with Crippen molar-refractivity contribution in [3.8, 4) is 11.4 Å². The minimum atomic E-state index is 0.885. The lowest BCUT2D eigenvalue weighted by Gasteiger charge is -2.04. The number of hydrogen-bond acceptors (Lipinski definition) is 3. The number of aromatic nitrogens is 3. The summed E-state index contributed by atoms with van der Waals surface area (Å²) in [4.78, 5) is 0. The van der Waals surface area contributed by atoms with Crippen molar-refractivity contribution < 1.29 is 0 Å². The van der Waals surface area contributed by atoms with Crippen LogP contribution in [0.3, 0.4) is 0 Å². The van der Waals surface area contributed by atoms with E-state index in [1.165, 1.54) is 0 Å². The molecule has 2 rings (SSSR count). The maximum Gasteiger partial charge on any atom is 0.163 e. The molecule has 0 aliphatic rings. The summed E-state index contributed by atoms with van der Waals surface area (Å²) in [6.45, 7) is 2.96. The van der Waals surface area contributed by atoms with Crippen molar-refractivity contribution in [1.82, 2.24) is 14.8 Å². The van der Waals surface area contributed by atoms with Crippen molar-refractivity contribution in [3.63, 3.8) is 0 Å². The van der Waals surface area contributed by atoms with Crippen molar-refractivity contribution in [3.05, 3.63) is 30.6 Å². The summed E-state index contributed by atoms with van der Waals surface area (Å²) in [6.07, 6.45) is 1.75. The van der Waals surface area contributed by atoms with Gasteiger partial charge in [-0.2, -0.15) is 0 Å². The first-order valence-corrected chi connectivity index (χ1v) is 5.01. The molecule has 0 radical (unpaired) electrons. The summed E-state index contributed by atoms with van der Waals surface area (Å²) in [5.41, 5.74) is 2.19. The van der Waals surface area contributed by atoms with Crippen molar-refractivity contribution in [2.75, 3.05) is 12.4 Å². The summed E-state index contributed by atoms with van der Waals surface area (Å²) in [5.74, 6) is 0.917. The molecular weight excluding hydrogens is 188 g/mol. The summed E-state index contributed by atoms with van der Waals surface area (Å²) < 4.78 is 2.02. The van der Waals surface area contributed by atoms with Crippen LogP contribution in [0.15, 0.2) is 30.6 Å². The third kappa shape index (κ3) is 1.83. The minimum Gasteiger partial charge on any atom is -0.388 e. The normalized spacial score (nSPS) is 10.3. The van der Waals surface area contributed by atoms with Crippen LogP contribution in [0.1, 0.15) is 6.92 Å². The Morgan fingerprint density at radius 3 is 2.60 bits per heavy atom. The van der Waals surface area contributed by atoms with Gasteiger partial charge in [0, 0.05) is 24.8 Å². The Kier molecular flexibility index (Phi) is 2.67. The van der Waals surface area contributed by atoms with E-state index in [0.717, 1.165) is 23.6 Å². The van der Waals surface area contributed by atoms with Crippen LogP contribution in [0.5, 0.6) is 0 Å². The molecule has 1 N–H and O–H groups in total. The summed E-state index contributed by atoms with van der Waals surface area (Å²) >= 11 is 0. The molecule has 0 unspecified atom stereocenters. The molecule has 0 fully saturated rings. The molecule has 0 spiro atoms. The molecule has 0 aliphatic heterocycles. The second-order valence-corrected chi connectivity index (χ2v) is 3.27. The zero-order valence-corrected chi connectivity index (χ0v) is 8.94. The third-order valence-electron chi connectivity index (χ3n) is 2.39. The number of nitrogens with zero attached hydrogens (tertiary/aromatic N) is 3. The number of anilines is 1. The quantitative estimate of drug-likeness (QED) is 0.827. The van der Waals surface area contributed by atoms with Crippen LogP contribution in [-0.2, 0) is 6.54 Å². The van der Waals surface area contributed by atoms with E-state index in [-0.39, 0.29) is 0 Å². The molecular formula is C11H14N4. The fourth-order valence-electron chi connectivity index (χ4n) is 1.50. The van der Waals surface area contributed by atoms with E-state index in [9.17, 15) is 0 Å². The van der Waals surface area contributed by atoms with Crippen LogP contribution in [0.4, 0.5) is 5.69 Å². The fraction of sp³-hybridized carbons (Fsp3) is 0.273. The van der Waals surface area contributed by atoms with Crippen molar-refractivity contribution in [1.29, 1.82) is 0 Å². The molecule has 0 saturated heterocycles. The van der Waals surface area contributed by atoms with Gasteiger partial charge in [0.2, 0.25) is 0 Å². The minimum absolute atomic E-state index is 0.885. The molecule has 15 heavy (non-hydrogen) atoms. The molecule has 0 bridgehead atoms. The molecule has 4 nitrogen and oxygen atoms in total. The van der Waals surface area contributed by atoms with E-state index < -0.39 is 0 Å². The van der Waals surface area contributed by atoms with Crippen LogP contribution in [0.25, 0.3) is 11.4 Å². The van der Waals surface area contributed by atoms with Gasteiger partial charge < -0.3 is 9.88 Å². The summed E-state index contributed by atoms with van der Waals surface area (Å²) in [7, 11) is 1.91. The standard InChI is InChI=1S/C11H14N4/c1-3-15-8-13-14-11(15)9-4-6-10(12-2)7-5-9/h4-8,12H,3H2,1-2H3. The van der Waals surface area contributed by atoms with E-state index in [0.29, 0.717) is 0 Å². The summed E-state index contributed by atoms with van der Waals surface area (Å²) in [5, 5.41) is 11.1. The first-order valence-electron chi connectivity index (χ1n) is 5.01.